The van der Waals surface area contributed by atoms with Crippen LogP contribution in [-0.2, 0) is 19.7 Å². The maximum absolute atomic E-state index is 13.6. The predicted octanol–water partition coefficient (Wildman–Crippen LogP) is 2.70. The van der Waals surface area contributed by atoms with Gasteiger partial charge in [0.05, 0.1) is 0 Å². The maximum atomic E-state index is 13.6. The molecule has 1 N–H and O–H groups in total. The molecular weight excluding hydrogens is 389 g/mol. The Morgan fingerprint density at radius 1 is 1.38 bits per heavy atom. The fourth-order valence-electron chi connectivity index (χ4n) is 3.80. The van der Waals surface area contributed by atoms with Crippen LogP contribution in [0, 0.1) is 0 Å². The van der Waals surface area contributed by atoms with E-state index < -0.39 is 29.6 Å². The molecule has 0 saturated carbocycles. The Labute approximate surface area is 168 Å². The van der Waals surface area contributed by atoms with Gasteiger partial charge >= 0.3 is 12.1 Å². The van der Waals surface area contributed by atoms with Crippen LogP contribution in [0.1, 0.15) is 31.7 Å². The van der Waals surface area contributed by atoms with E-state index in [0.29, 0.717) is 31.6 Å². The number of hydrogen-bond donors (Lipinski definition) is 1. The number of nitrogens with zero attached hydrogens (tertiary/aromatic N) is 2. The first-order chi connectivity index (χ1) is 13.5. The molecule has 1 heterocycles. The summed E-state index contributed by atoms with van der Waals surface area (Å²) >= 11 is 0. The lowest BCUT2D eigenvalue weighted by Crippen LogP contribution is -2.54. The van der Waals surface area contributed by atoms with Crippen molar-refractivity contribution in [2.45, 2.75) is 43.9 Å². The van der Waals surface area contributed by atoms with Gasteiger partial charge in [0.25, 0.3) is 0 Å². The largest absolute Gasteiger partial charge is 0.508 e. The summed E-state index contributed by atoms with van der Waals surface area (Å²) in [6.07, 6.45) is -5.83. The van der Waals surface area contributed by atoms with Gasteiger partial charge in [0.2, 0.25) is 5.91 Å². The van der Waals surface area contributed by atoms with Crippen molar-refractivity contribution in [3.05, 3.63) is 29.8 Å². The topological polar surface area (TPSA) is 70.1 Å². The van der Waals surface area contributed by atoms with E-state index in [4.69, 9.17) is 4.74 Å². The molecule has 0 aliphatic carbocycles. The number of carbonyl (C=O) groups excluding carboxylic acids is 2. The zero-order chi connectivity index (χ0) is 21.8. The molecule has 2 unspecified atom stereocenters. The Morgan fingerprint density at radius 2 is 2.07 bits per heavy atom. The molecule has 1 aliphatic heterocycles. The minimum atomic E-state index is -5.15. The summed E-state index contributed by atoms with van der Waals surface area (Å²) in [5.41, 5.74) is -1.18. The van der Waals surface area contributed by atoms with Crippen molar-refractivity contribution < 1.29 is 32.6 Å². The van der Waals surface area contributed by atoms with E-state index in [1.807, 2.05) is 19.0 Å². The SMILES string of the molecule is CCC1(c2cccc(O)c2)C(=O)N(CCN(C)C)CCCC1OC(=O)C(F)(F)F. The minimum Gasteiger partial charge on any atom is -0.508 e. The van der Waals surface area contributed by atoms with E-state index in [2.05, 4.69) is 0 Å². The lowest BCUT2D eigenvalue weighted by Gasteiger charge is -2.39. The van der Waals surface area contributed by atoms with Crippen LogP contribution in [0.25, 0.3) is 0 Å². The number of benzene rings is 1. The number of hydrogen-bond acceptors (Lipinski definition) is 5. The number of carbonyl (C=O) groups is 2. The molecule has 2 atom stereocenters. The molecule has 1 aliphatic rings. The Hall–Kier alpha value is -2.29. The standard InChI is InChI=1S/C20H27F3N2O4/c1-4-19(14-7-5-8-15(26)13-14)16(29-18(28)20(21,22)23)9-6-10-25(17(19)27)12-11-24(2)3/h5,7-8,13,16,26H,4,6,9-12H2,1-3H3. The van der Waals surface area contributed by atoms with Gasteiger partial charge in [-0.2, -0.15) is 13.2 Å². The first-order valence-corrected chi connectivity index (χ1v) is 9.53. The van der Waals surface area contributed by atoms with Crippen molar-refractivity contribution in [2.24, 2.45) is 0 Å². The molecule has 6 nitrogen and oxygen atoms in total. The van der Waals surface area contributed by atoms with Gasteiger partial charge in [-0.3, -0.25) is 4.79 Å². The van der Waals surface area contributed by atoms with Crippen LogP contribution in [0.5, 0.6) is 5.75 Å². The fraction of sp³-hybridized carbons (Fsp3) is 0.600. The van der Waals surface area contributed by atoms with Gasteiger partial charge in [-0.05, 0) is 51.1 Å². The van der Waals surface area contributed by atoms with Crippen LogP contribution in [0.15, 0.2) is 24.3 Å². The molecule has 1 saturated heterocycles. The van der Waals surface area contributed by atoms with E-state index in [-0.39, 0.29) is 18.6 Å². The Balaban J connectivity index is 2.53. The molecule has 0 radical (unpaired) electrons. The summed E-state index contributed by atoms with van der Waals surface area (Å²) in [5.74, 6) is -2.83. The van der Waals surface area contributed by atoms with Crippen LogP contribution in [0.3, 0.4) is 0 Å². The lowest BCUT2D eigenvalue weighted by molar-refractivity contribution is -0.208. The number of ether oxygens (including phenoxy) is 1. The first kappa shape index (κ1) is 23.0. The number of aromatic hydroxyl groups is 1. The van der Waals surface area contributed by atoms with E-state index in [1.54, 1.807) is 17.9 Å². The van der Waals surface area contributed by atoms with Gasteiger partial charge in [0.15, 0.2) is 0 Å². The number of halogens is 3. The zero-order valence-corrected chi connectivity index (χ0v) is 16.8. The molecule has 2 rings (SSSR count). The molecule has 162 valence electrons. The Kier molecular flexibility index (Phi) is 7.15. The zero-order valence-electron chi connectivity index (χ0n) is 16.8. The van der Waals surface area contributed by atoms with Crippen molar-refractivity contribution in [2.75, 3.05) is 33.7 Å². The molecule has 0 aromatic heterocycles. The highest BCUT2D eigenvalue weighted by Crippen LogP contribution is 2.41. The van der Waals surface area contributed by atoms with Crippen molar-refractivity contribution in [1.82, 2.24) is 9.80 Å². The quantitative estimate of drug-likeness (QED) is 0.723. The van der Waals surface area contributed by atoms with Gasteiger partial charge < -0.3 is 19.6 Å². The summed E-state index contributed by atoms with van der Waals surface area (Å²) in [5, 5.41) is 9.93. The van der Waals surface area contributed by atoms with E-state index >= 15 is 0 Å². The number of phenols is 1. The van der Waals surface area contributed by atoms with E-state index in [9.17, 15) is 27.9 Å². The molecule has 0 bridgehead atoms. The number of amides is 1. The number of esters is 1. The second-order valence-corrected chi connectivity index (χ2v) is 7.50. The van der Waals surface area contributed by atoms with Crippen molar-refractivity contribution in [1.29, 1.82) is 0 Å². The third-order valence-corrected chi connectivity index (χ3v) is 5.33. The predicted molar refractivity (Wildman–Crippen MR) is 100 cm³/mol. The summed E-state index contributed by atoms with van der Waals surface area (Å²) in [6.45, 7) is 3.00. The molecular formula is C20H27F3N2O4. The minimum absolute atomic E-state index is 0.107. The van der Waals surface area contributed by atoms with Crippen molar-refractivity contribution in [3.8, 4) is 5.75 Å². The number of likely N-dealkylation sites (N-methyl/N-ethyl adjacent to an activating group) is 1. The number of phenolic OH excluding ortho intramolecular Hbond substituents is 1. The maximum Gasteiger partial charge on any atom is 0.490 e. The average Bonchev–Trinajstić information content (AvgIpc) is 2.76. The second-order valence-electron chi connectivity index (χ2n) is 7.50. The van der Waals surface area contributed by atoms with Gasteiger partial charge in [0, 0.05) is 19.6 Å². The van der Waals surface area contributed by atoms with Crippen LogP contribution >= 0.6 is 0 Å². The van der Waals surface area contributed by atoms with Crippen LogP contribution < -0.4 is 0 Å². The summed E-state index contributed by atoms with van der Waals surface area (Å²) < 4.78 is 43.6. The number of rotatable bonds is 6. The highest BCUT2D eigenvalue weighted by atomic mass is 19.4. The van der Waals surface area contributed by atoms with Gasteiger partial charge in [-0.25, -0.2) is 4.79 Å². The molecule has 29 heavy (non-hydrogen) atoms. The molecule has 1 amide bonds. The highest BCUT2D eigenvalue weighted by molar-refractivity contribution is 5.90. The summed E-state index contributed by atoms with van der Waals surface area (Å²) in [6, 6.07) is 5.86. The van der Waals surface area contributed by atoms with Crippen molar-refractivity contribution >= 4 is 11.9 Å². The van der Waals surface area contributed by atoms with Gasteiger partial charge in [0.1, 0.15) is 17.3 Å². The molecule has 0 spiro atoms. The highest BCUT2D eigenvalue weighted by Gasteiger charge is 2.53. The summed E-state index contributed by atoms with van der Waals surface area (Å²) in [7, 11) is 3.72. The molecule has 1 aromatic carbocycles. The van der Waals surface area contributed by atoms with Crippen molar-refractivity contribution in [3.63, 3.8) is 0 Å². The fourth-order valence-corrected chi connectivity index (χ4v) is 3.80. The van der Waals surface area contributed by atoms with E-state index in [1.165, 1.54) is 18.2 Å². The van der Waals surface area contributed by atoms with Gasteiger partial charge in [-0.1, -0.05) is 19.1 Å². The second kappa shape index (κ2) is 9.02. The van der Waals surface area contributed by atoms with Crippen LogP contribution in [0.4, 0.5) is 13.2 Å². The lowest BCUT2D eigenvalue weighted by atomic mass is 9.71. The summed E-state index contributed by atoms with van der Waals surface area (Å²) in [4.78, 5) is 28.7. The molecule has 1 fully saturated rings. The van der Waals surface area contributed by atoms with Crippen LogP contribution in [0.2, 0.25) is 0 Å². The third kappa shape index (κ3) is 5.01. The smallest absolute Gasteiger partial charge is 0.490 e. The average molecular weight is 416 g/mol. The third-order valence-electron chi connectivity index (χ3n) is 5.33. The molecule has 9 heteroatoms. The number of alkyl halides is 3. The Morgan fingerprint density at radius 3 is 2.62 bits per heavy atom. The monoisotopic (exact) mass is 416 g/mol. The first-order valence-electron chi connectivity index (χ1n) is 9.53. The Bertz CT molecular complexity index is 739. The van der Waals surface area contributed by atoms with Gasteiger partial charge in [-0.15, -0.1) is 0 Å². The molecule has 1 aromatic rings. The normalized spacial score (nSPS) is 23.2. The van der Waals surface area contributed by atoms with E-state index in [0.717, 1.165) is 0 Å². The van der Waals surface area contributed by atoms with Crippen LogP contribution in [-0.4, -0.2) is 72.8 Å². The number of likely N-dealkylation sites (tertiary alicyclic amines) is 1.